The molecule has 16 heavy (non-hydrogen) atoms. The van der Waals surface area contributed by atoms with Crippen molar-refractivity contribution in [2.24, 2.45) is 11.3 Å². The third kappa shape index (κ3) is 3.48. The van der Waals surface area contributed by atoms with Crippen LogP contribution in [0.3, 0.4) is 0 Å². The van der Waals surface area contributed by atoms with Crippen molar-refractivity contribution in [3.05, 3.63) is 23.8 Å². The van der Waals surface area contributed by atoms with Gasteiger partial charge in [-0.15, -0.1) is 0 Å². The standard InChI is InChI=1S/C15H26O/c1-12(9-11-16)7-8-14-13(2)6-5-10-15(14,3)4/h9,14,16H,2,5-8,10-11H2,1,3-4H3/b12-9-/t14-/m0/s1. The summed E-state index contributed by atoms with van der Waals surface area (Å²) in [6.45, 7) is 11.3. The Balaban J connectivity index is 2.56. The molecule has 0 radical (unpaired) electrons. The van der Waals surface area contributed by atoms with E-state index in [-0.39, 0.29) is 6.61 Å². The fourth-order valence-corrected chi connectivity index (χ4v) is 2.90. The molecule has 0 aliphatic heterocycles. The Morgan fingerprint density at radius 3 is 2.81 bits per heavy atom. The molecule has 0 aromatic heterocycles. The molecule has 1 aliphatic carbocycles. The molecule has 92 valence electrons. The molecule has 0 heterocycles. The van der Waals surface area contributed by atoms with Crippen LogP contribution in [0.1, 0.15) is 52.9 Å². The maximum Gasteiger partial charge on any atom is 0.0614 e. The first-order valence-electron chi connectivity index (χ1n) is 6.41. The first-order valence-corrected chi connectivity index (χ1v) is 6.41. The molecule has 1 aliphatic rings. The lowest BCUT2D eigenvalue weighted by Gasteiger charge is -2.40. The molecule has 1 fully saturated rings. The van der Waals surface area contributed by atoms with Gasteiger partial charge in [-0.25, -0.2) is 0 Å². The van der Waals surface area contributed by atoms with Crippen molar-refractivity contribution in [3.8, 4) is 0 Å². The summed E-state index contributed by atoms with van der Waals surface area (Å²) in [5.41, 5.74) is 3.15. The van der Waals surface area contributed by atoms with Crippen LogP contribution in [0.15, 0.2) is 23.8 Å². The minimum absolute atomic E-state index is 0.167. The summed E-state index contributed by atoms with van der Waals surface area (Å²) in [4.78, 5) is 0. The van der Waals surface area contributed by atoms with E-state index >= 15 is 0 Å². The van der Waals surface area contributed by atoms with E-state index in [1.807, 2.05) is 6.08 Å². The Morgan fingerprint density at radius 2 is 2.25 bits per heavy atom. The van der Waals surface area contributed by atoms with Crippen LogP contribution in [0, 0.1) is 11.3 Å². The molecule has 0 spiro atoms. The summed E-state index contributed by atoms with van der Waals surface area (Å²) >= 11 is 0. The zero-order valence-electron chi connectivity index (χ0n) is 11.1. The van der Waals surface area contributed by atoms with Gasteiger partial charge in [0.2, 0.25) is 0 Å². The van der Waals surface area contributed by atoms with Crippen molar-refractivity contribution >= 4 is 0 Å². The molecule has 1 rings (SSSR count). The monoisotopic (exact) mass is 222 g/mol. The normalized spacial score (nSPS) is 25.9. The summed E-state index contributed by atoms with van der Waals surface area (Å²) in [5.74, 6) is 0.656. The Bertz CT molecular complexity index is 273. The van der Waals surface area contributed by atoms with E-state index in [4.69, 9.17) is 5.11 Å². The fourth-order valence-electron chi connectivity index (χ4n) is 2.90. The Morgan fingerprint density at radius 1 is 1.56 bits per heavy atom. The second-order valence-corrected chi connectivity index (χ2v) is 5.82. The molecule has 1 atom stereocenters. The van der Waals surface area contributed by atoms with Crippen molar-refractivity contribution in [1.29, 1.82) is 0 Å². The number of rotatable bonds is 4. The molecule has 0 aromatic carbocycles. The van der Waals surface area contributed by atoms with Gasteiger partial charge < -0.3 is 5.11 Å². The molecule has 0 aromatic rings. The van der Waals surface area contributed by atoms with Crippen molar-refractivity contribution in [2.45, 2.75) is 52.9 Å². The van der Waals surface area contributed by atoms with Crippen molar-refractivity contribution < 1.29 is 5.11 Å². The number of allylic oxidation sites excluding steroid dienone is 2. The number of hydrogen-bond donors (Lipinski definition) is 1. The van der Waals surface area contributed by atoms with Gasteiger partial charge in [-0.1, -0.05) is 37.6 Å². The van der Waals surface area contributed by atoms with Gasteiger partial charge in [-0.2, -0.15) is 0 Å². The lowest BCUT2D eigenvalue weighted by Crippen LogP contribution is -2.29. The maximum absolute atomic E-state index is 8.83. The smallest absolute Gasteiger partial charge is 0.0614 e. The Labute approximate surface area is 100 Å². The minimum Gasteiger partial charge on any atom is -0.392 e. The third-order valence-electron chi connectivity index (χ3n) is 4.02. The molecule has 0 bridgehead atoms. The first kappa shape index (κ1) is 13.5. The van der Waals surface area contributed by atoms with Crippen LogP contribution >= 0.6 is 0 Å². The lowest BCUT2D eigenvalue weighted by atomic mass is 9.65. The molecular weight excluding hydrogens is 196 g/mol. The van der Waals surface area contributed by atoms with Crippen molar-refractivity contribution in [2.75, 3.05) is 6.61 Å². The lowest BCUT2D eigenvalue weighted by molar-refractivity contribution is 0.180. The summed E-state index contributed by atoms with van der Waals surface area (Å²) < 4.78 is 0. The van der Waals surface area contributed by atoms with Crippen molar-refractivity contribution in [3.63, 3.8) is 0 Å². The zero-order valence-corrected chi connectivity index (χ0v) is 11.1. The van der Waals surface area contributed by atoms with Crippen LogP contribution in [0.5, 0.6) is 0 Å². The third-order valence-corrected chi connectivity index (χ3v) is 4.02. The Hall–Kier alpha value is -0.560. The summed E-state index contributed by atoms with van der Waals surface area (Å²) in [6.07, 6.45) is 8.02. The van der Waals surface area contributed by atoms with Gasteiger partial charge in [0, 0.05) is 0 Å². The van der Waals surface area contributed by atoms with Crippen LogP contribution in [0.4, 0.5) is 0 Å². The maximum atomic E-state index is 8.83. The van der Waals surface area contributed by atoms with Gasteiger partial charge in [-0.05, 0) is 50.4 Å². The average Bonchev–Trinajstić information content (AvgIpc) is 2.16. The molecular formula is C15H26O. The highest BCUT2D eigenvalue weighted by Crippen LogP contribution is 2.45. The van der Waals surface area contributed by atoms with Crippen LogP contribution in [0.2, 0.25) is 0 Å². The highest BCUT2D eigenvalue weighted by Gasteiger charge is 2.33. The fraction of sp³-hybridized carbons (Fsp3) is 0.733. The minimum atomic E-state index is 0.167. The van der Waals surface area contributed by atoms with Gasteiger partial charge in [0.25, 0.3) is 0 Å². The molecule has 1 N–H and O–H groups in total. The van der Waals surface area contributed by atoms with Gasteiger partial charge in [0.15, 0.2) is 0 Å². The average molecular weight is 222 g/mol. The van der Waals surface area contributed by atoms with E-state index in [2.05, 4.69) is 27.4 Å². The number of hydrogen-bond acceptors (Lipinski definition) is 1. The van der Waals surface area contributed by atoms with E-state index < -0.39 is 0 Å². The molecule has 1 heteroatoms. The van der Waals surface area contributed by atoms with Crippen LogP contribution in [0.25, 0.3) is 0 Å². The number of aliphatic hydroxyl groups is 1. The van der Waals surface area contributed by atoms with Crippen LogP contribution in [-0.2, 0) is 0 Å². The second-order valence-electron chi connectivity index (χ2n) is 5.82. The zero-order chi connectivity index (χ0) is 12.2. The summed E-state index contributed by atoms with van der Waals surface area (Å²) in [5, 5.41) is 8.83. The highest BCUT2D eigenvalue weighted by molar-refractivity contribution is 5.10. The quantitative estimate of drug-likeness (QED) is 0.710. The largest absolute Gasteiger partial charge is 0.392 e. The molecule has 0 saturated heterocycles. The topological polar surface area (TPSA) is 20.2 Å². The van der Waals surface area contributed by atoms with E-state index in [0.717, 1.165) is 6.42 Å². The molecule has 0 unspecified atom stereocenters. The first-order chi connectivity index (χ1) is 7.47. The predicted octanol–water partition coefficient (Wildman–Crippen LogP) is 4.09. The number of aliphatic hydroxyl groups excluding tert-OH is 1. The van der Waals surface area contributed by atoms with Crippen molar-refractivity contribution in [1.82, 2.24) is 0 Å². The van der Waals surface area contributed by atoms with E-state index in [1.165, 1.54) is 36.8 Å². The van der Waals surface area contributed by atoms with Gasteiger partial charge in [0.1, 0.15) is 0 Å². The SMILES string of the molecule is C=C1CCCC(C)(C)[C@H]1CC/C(C)=C\CO. The van der Waals surface area contributed by atoms with Gasteiger partial charge >= 0.3 is 0 Å². The van der Waals surface area contributed by atoms with Crippen LogP contribution in [-0.4, -0.2) is 11.7 Å². The summed E-state index contributed by atoms with van der Waals surface area (Å²) in [6, 6.07) is 0. The predicted molar refractivity (Wildman–Crippen MR) is 70.3 cm³/mol. The highest BCUT2D eigenvalue weighted by atomic mass is 16.2. The molecule has 1 saturated carbocycles. The van der Waals surface area contributed by atoms with E-state index in [1.54, 1.807) is 0 Å². The van der Waals surface area contributed by atoms with E-state index in [0.29, 0.717) is 11.3 Å². The van der Waals surface area contributed by atoms with Gasteiger partial charge in [0.05, 0.1) is 6.61 Å². The van der Waals surface area contributed by atoms with E-state index in [9.17, 15) is 0 Å². The summed E-state index contributed by atoms with van der Waals surface area (Å²) in [7, 11) is 0. The Kier molecular flexibility index (Phi) is 4.79. The second kappa shape index (κ2) is 5.67. The van der Waals surface area contributed by atoms with Crippen LogP contribution < -0.4 is 0 Å². The van der Waals surface area contributed by atoms with Gasteiger partial charge in [-0.3, -0.25) is 0 Å². The molecule has 0 amide bonds. The molecule has 1 nitrogen and oxygen atoms in total.